The second kappa shape index (κ2) is 6.36. The van der Waals surface area contributed by atoms with Gasteiger partial charge in [-0.1, -0.05) is 6.07 Å². The number of rotatable bonds is 3. The predicted octanol–water partition coefficient (Wildman–Crippen LogP) is 0.104. The fourth-order valence-electron chi connectivity index (χ4n) is 3.46. The SMILES string of the molecule is Cc1ccc2c(c1)ncn2-c1nc(=NC2CC2)n2nc/c(=C\c3[nH]c(=O)[nH]c3O)c2n1. The normalized spacial score (nSPS) is 15.5. The molecule has 11 heteroatoms. The van der Waals surface area contributed by atoms with Gasteiger partial charge in [-0.15, -0.1) is 0 Å². The zero-order valence-corrected chi connectivity index (χ0v) is 16.4. The Labute approximate surface area is 173 Å². The van der Waals surface area contributed by atoms with Gasteiger partial charge in [0.1, 0.15) is 12.0 Å². The monoisotopic (exact) mass is 415 g/mol. The van der Waals surface area contributed by atoms with Gasteiger partial charge in [-0.2, -0.15) is 19.6 Å². The van der Waals surface area contributed by atoms with Crippen molar-refractivity contribution < 1.29 is 5.11 Å². The topological polar surface area (TPSA) is 142 Å². The standard InChI is InChI=1S/C20H17N9O2/c1-10-2-5-15-13(6-10)21-9-28(15)18-25-16-11(7-14-17(30)26-20(31)24-14)8-22-29(16)19(27-18)23-12-3-4-12/h2,5-9,12,30H,3-4H2,1H3,(H2,24,26,31)/b11-7+,23-19?. The quantitative estimate of drug-likeness (QED) is 0.382. The van der Waals surface area contributed by atoms with Crippen LogP contribution < -0.4 is 16.5 Å². The largest absolute Gasteiger partial charge is 0.493 e. The number of H-pyrrole nitrogens is 2. The average molecular weight is 415 g/mol. The third-order valence-corrected chi connectivity index (χ3v) is 5.16. The molecule has 4 heterocycles. The molecule has 1 aromatic carbocycles. The molecule has 1 saturated carbocycles. The Morgan fingerprint density at radius 2 is 2.13 bits per heavy atom. The number of nitrogens with zero attached hydrogens (tertiary/aromatic N) is 7. The van der Waals surface area contributed by atoms with Gasteiger partial charge < -0.3 is 10.1 Å². The maximum atomic E-state index is 11.5. The van der Waals surface area contributed by atoms with E-state index in [0.717, 1.165) is 29.4 Å². The van der Waals surface area contributed by atoms with Crippen LogP contribution in [0.2, 0.25) is 0 Å². The highest BCUT2D eigenvalue weighted by molar-refractivity contribution is 5.77. The molecule has 31 heavy (non-hydrogen) atoms. The number of hydrogen-bond donors (Lipinski definition) is 3. The number of benzene rings is 1. The van der Waals surface area contributed by atoms with Gasteiger partial charge in [-0.25, -0.2) is 14.8 Å². The zero-order valence-electron chi connectivity index (χ0n) is 16.4. The first-order chi connectivity index (χ1) is 15.0. The average Bonchev–Trinajstić information content (AvgIpc) is 3.17. The minimum Gasteiger partial charge on any atom is -0.493 e. The van der Waals surface area contributed by atoms with E-state index in [9.17, 15) is 9.90 Å². The molecule has 6 rings (SSSR count). The smallest absolute Gasteiger partial charge is 0.326 e. The first kappa shape index (κ1) is 17.6. The number of nitrogens with one attached hydrogen (secondary N) is 2. The fraction of sp³-hybridized carbons (Fsp3) is 0.200. The van der Waals surface area contributed by atoms with Crippen LogP contribution in [0.3, 0.4) is 0 Å². The van der Waals surface area contributed by atoms with E-state index in [1.165, 1.54) is 0 Å². The van der Waals surface area contributed by atoms with Crippen LogP contribution in [-0.4, -0.2) is 50.2 Å². The Bertz CT molecular complexity index is 1650. The number of aromatic nitrogens is 8. The molecular weight excluding hydrogens is 398 g/mol. The molecule has 3 N–H and O–H groups in total. The highest BCUT2D eigenvalue weighted by atomic mass is 16.3. The summed E-state index contributed by atoms with van der Waals surface area (Å²) in [6.45, 7) is 2.02. The number of aromatic hydroxyl groups is 1. The van der Waals surface area contributed by atoms with Crippen molar-refractivity contribution in [3.63, 3.8) is 0 Å². The van der Waals surface area contributed by atoms with Crippen molar-refractivity contribution in [1.82, 2.24) is 39.1 Å². The summed E-state index contributed by atoms with van der Waals surface area (Å²) in [5, 5.41) is 14.9. The summed E-state index contributed by atoms with van der Waals surface area (Å²) in [7, 11) is 0. The molecule has 11 nitrogen and oxygen atoms in total. The summed E-state index contributed by atoms with van der Waals surface area (Å²) in [5.41, 5.74) is 3.53. The van der Waals surface area contributed by atoms with E-state index in [1.807, 2.05) is 29.7 Å². The van der Waals surface area contributed by atoms with Gasteiger partial charge in [-0.3, -0.25) is 9.55 Å². The van der Waals surface area contributed by atoms with Gasteiger partial charge in [-0.05, 0) is 43.5 Å². The Hall–Kier alpha value is -4.28. The minimum atomic E-state index is -0.500. The molecule has 0 atom stereocenters. The molecule has 0 radical (unpaired) electrons. The maximum Gasteiger partial charge on any atom is 0.326 e. The van der Waals surface area contributed by atoms with Gasteiger partial charge in [0.2, 0.25) is 11.8 Å². The summed E-state index contributed by atoms with van der Waals surface area (Å²) < 4.78 is 3.38. The second-order valence-corrected chi connectivity index (χ2v) is 7.61. The number of aryl methyl sites for hydroxylation is 1. The lowest BCUT2D eigenvalue weighted by Crippen LogP contribution is -2.25. The predicted molar refractivity (Wildman–Crippen MR) is 111 cm³/mol. The third kappa shape index (κ3) is 2.98. The van der Waals surface area contributed by atoms with Crippen LogP contribution in [0.15, 0.2) is 40.5 Å². The Morgan fingerprint density at radius 3 is 2.90 bits per heavy atom. The Morgan fingerprint density at radius 1 is 1.26 bits per heavy atom. The van der Waals surface area contributed by atoms with Crippen molar-refractivity contribution >= 4 is 22.8 Å². The van der Waals surface area contributed by atoms with Gasteiger partial charge in [0.25, 0.3) is 5.62 Å². The molecule has 0 spiro atoms. The van der Waals surface area contributed by atoms with Crippen LogP contribution in [-0.2, 0) is 0 Å². The van der Waals surface area contributed by atoms with Crippen LogP contribution >= 0.6 is 0 Å². The lowest BCUT2D eigenvalue weighted by Gasteiger charge is -2.04. The second-order valence-electron chi connectivity index (χ2n) is 7.61. The van der Waals surface area contributed by atoms with Crippen molar-refractivity contribution in [2.75, 3.05) is 0 Å². The van der Waals surface area contributed by atoms with E-state index in [2.05, 4.69) is 25.0 Å². The maximum absolute atomic E-state index is 11.5. The number of hydrogen-bond acceptors (Lipinski definition) is 7. The molecule has 0 aliphatic heterocycles. The van der Waals surface area contributed by atoms with Crippen molar-refractivity contribution in [2.45, 2.75) is 25.8 Å². The summed E-state index contributed by atoms with van der Waals surface area (Å²) in [4.78, 5) is 34.9. The Kier molecular flexibility index (Phi) is 3.60. The van der Waals surface area contributed by atoms with E-state index in [4.69, 9.17) is 9.98 Å². The molecule has 0 unspecified atom stereocenters. The van der Waals surface area contributed by atoms with Crippen molar-refractivity contribution in [3.8, 4) is 11.8 Å². The van der Waals surface area contributed by atoms with Crippen LogP contribution in [0.1, 0.15) is 24.1 Å². The molecule has 0 amide bonds. The molecular formula is C20H17N9O2. The van der Waals surface area contributed by atoms with E-state index in [0.29, 0.717) is 22.4 Å². The molecule has 1 fully saturated rings. The first-order valence-corrected chi connectivity index (χ1v) is 9.82. The molecule has 1 aliphatic rings. The molecule has 1 aliphatic carbocycles. The highest BCUT2D eigenvalue weighted by Crippen LogP contribution is 2.22. The minimum absolute atomic E-state index is 0.231. The van der Waals surface area contributed by atoms with Gasteiger partial charge >= 0.3 is 5.69 Å². The van der Waals surface area contributed by atoms with Crippen molar-refractivity contribution in [1.29, 1.82) is 0 Å². The number of imidazole rings is 2. The van der Waals surface area contributed by atoms with E-state index >= 15 is 0 Å². The lowest BCUT2D eigenvalue weighted by molar-refractivity contribution is 0.454. The summed E-state index contributed by atoms with van der Waals surface area (Å²) in [6.07, 6.45) is 6.92. The summed E-state index contributed by atoms with van der Waals surface area (Å²) >= 11 is 0. The van der Waals surface area contributed by atoms with Crippen molar-refractivity contribution in [3.05, 3.63) is 63.3 Å². The molecule has 4 aromatic heterocycles. The summed E-state index contributed by atoms with van der Waals surface area (Å²) in [5.74, 6) is 0.165. The van der Waals surface area contributed by atoms with E-state index in [-0.39, 0.29) is 17.6 Å². The van der Waals surface area contributed by atoms with Gasteiger partial charge in [0.05, 0.1) is 23.3 Å². The molecule has 0 saturated heterocycles. The Balaban J connectivity index is 1.64. The van der Waals surface area contributed by atoms with Crippen molar-refractivity contribution in [2.24, 2.45) is 4.99 Å². The van der Waals surface area contributed by atoms with Crippen LogP contribution in [0.5, 0.6) is 5.88 Å². The number of fused-ring (bicyclic) bond motifs is 2. The summed E-state index contributed by atoms with van der Waals surface area (Å²) in [6, 6.07) is 6.23. The fourth-order valence-corrected chi connectivity index (χ4v) is 3.46. The molecule has 5 aromatic rings. The van der Waals surface area contributed by atoms with Gasteiger partial charge in [0, 0.05) is 5.22 Å². The van der Waals surface area contributed by atoms with E-state index < -0.39 is 5.69 Å². The van der Waals surface area contributed by atoms with Crippen LogP contribution in [0.25, 0.3) is 28.7 Å². The molecule has 0 bridgehead atoms. The van der Waals surface area contributed by atoms with Gasteiger partial charge in [0.15, 0.2) is 5.65 Å². The van der Waals surface area contributed by atoms with E-state index in [1.54, 1.807) is 23.1 Å². The third-order valence-electron chi connectivity index (χ3n) is 5.16. The highest BCUT2D eigenvalue weighted by Gasteiger charge is 2.21. The lowest BCUT2D eigenvalue weighted by atomic mass is 10.2. The van der Waals surface area contributed by atoms with Crippen LogP contribution in [0, 0.1) is 6.92 Å². The van der Waals surface area contributed by atoms with Crippen LogP contribution in [0.4, 0.5) is 0 Å². The number of aromatic amines is 2. The molecule has 154 valence electrons. The first-order valence-electron chi connectivity index (χ1n) is 9.82. The zero-order chi connectivity index (χ0) is 21.1.